The first-order chi connectivity index (χ1) is 7.81. The van der Waals surface area contributed by atoms with Crippen molar-refractivity contribution < 1.29 is 0 Å². The molecule has 4 heteroatoms. The maximum atomic E-state index is 4.51. The Bertz CT molecular complexity index is 293. The summed E-state index contributed by atoms with van der Waals surface area (Å²) in [7, 11) is 2.00. The quantitative estimate of drug-likeness (QED) is 0.685. The molecule has 0 aliphatic rings. The van der Waals surface area contributed by atoms with E-state index in [0.29, 0.717) is 0 Å². The van der Waals surface area contributed by atoms with Crippen molar-refractivity contribution in [3.63, 3.8) is 0 Å². The van der Waals surface area contributed by atoms with Gasteiger partial charge in [-0.15, -0.1) is 0 Å². The molecule has 1 N–H and O–H groups in total. The van der Waals surface area contributed by atoms with Gasteiger partial charge in [0.25, 0.3) is 0 Å². The van der Waals surface area contributed by atoms with Crippen LogP contribution in [0.3, 0.4) is 0 Å². The Morgan fingerprint density at radius 2 is 1.94 bits per heavy atom. The summed E-state index contributed by atoms with van der Waals surface area (Å²) in [5.74, 6) is 2.11. The first-order valence-corrected chi connectivity index (χ1v) is 6.39. The standard InChI is InChI=1S/C12H24N4/c1-4-11-14-12(5-2)16(15-11)10-8-6-7-9-13-3/h13H,4-10H2,1-3H3. The molecule has 16 heavy (non-hydrogen) atoms. The zero-order valence-electron chi connectivity index (χ0n) is 10.8. The predicted molar refractivity (Wildman–Crippen MR) is 66.6 cm³/mol. The summed E-state index contributed by atoms with van der Waals surface area (Å²) < 4.78 is 2.08. The maximum absolute atomic E-state index is 4.51. The van der Waals surface area contributed by atoms with Crippen molar-refractivity contribution in [3.05, 3.63) is 11.6 Å². The number of aromatic nitrogens is 3. The van der Waals surface area contributed by atoms with E-state index in [0.717, 1.165) is 37.6 Å². The molecule has 0 unspecified atom stereocenters. The molecule has 0 saturated carbocycles. The van der Waals surface area contributed by atoms with Crippen LogP contribution in [-0.4, -0.2) is 28.4 Å². The van der Waals surface area contributed by atoms with E-state index in [1.54, 1.807) is 0 Å². The van der Waals surface area contributed by atoms with Gasteiger partial charge >= 0.3 is 0 Å². The summed E-state index contributed by atoms with van der Waals surface area (Å²) in [6.07, 6.45) is 5.60. The van der Waals surface area contributed by atoms with Gasteiger partial charge in [0.1, 0.15) is 5.82 Å². The summed E-state index contributed by atoms with van der Waals surface area (Å²) in [6.45, 7) is 6.37. The maximum Gasteiger partial charge on any atom is 0.150 e. The number of hydrogen-bond acceptors (Lipinski definition) is 3. The van der Waals surface area contributed by atoms with Crippen LogP contribution in [0.4, 0.5) is 0 Å². The highest BCUT2D eigenvalue weighted by Gasteiger charge is 2.05. The second kappa shape index (κ2) is 7.39. The second-order valence-electron chi connectivity index (χ2n) is 4.04. The molecule has 0 aromatic carbocycles. The van der Waals surface area contributed by atoms with E-state index in [4.69, 9.17) is 0 Å². The van der Waals surface area contributed by atoms with E-state index < -0.39 is 0 Å². The van der Waals surface area contributed by atoms with Crippen LogP contribution in [0, 0.1) is 0 Å². The summed E-state index contributed by atoms with van der Waals surface area (Å²) in [5, 5.41) is 7.67. The van der Waals surface area contributed by atoms with Crippen molar-refractivity contribution in [3.8, 4) is 0 Å². The monoisotopic (exact) mass is 224 g/mol. The molecule has 0 aliphatic heterocycles. The number of hydrogen-bond donors (Lipinski definition) is 1. The first-order valence-electron chi connectivity index (χ1n) is 6.39. The van der Waals surface area contributed by atoms with Crippen LogP contribution in [0.1, 0.15) is 44.8 Å². The van der Waals surface area contributed by atoms with E-state index in [1.165, 1.54) is 19.3 Å². The highest BCUT2D eigenvalue weighted by molar-refractivity contribution is 4.92. The van der Waals surface area contributed by atoms with Crippen LogP contribution in [0.25, 0.3) is 0 Å². The molecule has 0 saturated heterocycles. The van der Waals surface area contributed by atoms with Gasteiger partial charge in [0.15, 0.2) is 5.82 Å². The third kappa shape index (κ3) is 3.93. The van der Waals surface area contributed by atoms with Gasteiger partial charge in [-0.25, -0.2) is 9.67 Å². The molecule has 1 heterocycles. The Balaban J connectivity index is 2.37. The minimum absolute atomic E-state index is 0.930. The molecular weight excluding hydrogens is 200 g/mol. The van der Waals surface area contributed by atoms with E-state index in [-0.39, 0.29) is 0 Å². The highest BCUT2D eigenvalue weighted by Crippen LogP contribution is 2.04. The third-order valence-corrected chi connectivity index (χ3v) is 2.72. The smallest absolute Gasteiger partial charge is 0.150 e. The average Bonchev–Trinajstić information content (AvgIpc) is 2.71. The molecular formula is C12H24N4. The van der Waals surface area contributed by atoms with Gasteiger partial charge in [0.2, 0.25) is 0 Å². The van der Waals surface area contributed by atoms with E-state index in [9.17, 15) is 0 Å². The topological polar surface area (TPSA) is 42.7 Å². The number of nitrogens with zero attached hydrogens (tertiary/aromatic N) is 3. The van der Waals surface area contributed by atoms with Crippen molar-refractivity contribution in [2.75, 3.05) is 13.6 Å². The summed E-state index contributed by atoms with van der Waals surface area (Å²) in [5.41, 5.74) is 0. The molecule has 0 aliphatic carbocycles. The zero-order valence-corrected chi connectivity index (χ0v) is 10.8. The minimum Gasteiger partial charge on any atom is -0.320 e. The van der Waals surface area contributed by atoms with Gasteiger partial charge in [0, 0.05) is 19.4 Å². The molecule has 0 fully saturated rings. The molecule has 0 atom stereocenters. The Morgan fingerprint density at radius 3 is 2.56 bits per heavy atom. The second-order valence-corrected chi connectivity index (χ2v) is 4.04. The fourth-order valence-corrected chi connectivity index (χ4v) is 1.76. The fourth-order valence-electron chi connectivity index (χ4n) is 1.76. The number of nitrogens with one attached hydrogen (secondary N) is 1. The van der Waals surface area contributed by atoms with Crippen molar-refractivity contribution in [2.24, 2.45) is 0 Å². The Morgan fingerprint density at radius 1 is 1.12 bits per heavy atom. The van der Waals surface area contributed by atoms with Crippen molar-refractivity contribution in [1.29, 1.82) is 0 Å². The van der Waals surface area contributed by atoms with Gasteiger partial charge in [-0.1, -0.05) is 20.3 Å². The third-order valence-electron chi connectivity index (χ3n) is 2.72. The molecule has 92 valence electrons. The SMILES string of the molecule is CCc1nc(CC)n(CCCCCNC)n1. The van der Waals surface area contributed by atoms with Crippen molar-refractivity contribution in [1.82, 2.24) is 20.1 Å². The van der Waals surface area contributed by atoms with Crippen molar-refractivity contribution in [2.45, 2.75) is 52.5 Å². The predicted octanol–water partition coefficient (Wildman–Crippen LogP) is 1.79. The van der Waals surface area contributed by atoms with Crippen molar-refractivity contribution >= 4 is 0 Å². The first kappa shape index (κ1) is 13.2. The van der Waals surface area contributed by atoms with Gasteiger partial charge in [-0.05, 0) is 26.4 Å². The van der Waals surface area contributed by atoms with Gasteiger partial charge in [-0.2, -0.15) is 5.10 Å². The molecule has 0 spiro atoms. The normalized spacial score (nSPS) is 10.9. The molecule has 1 aromatic heterocycles. The van der Waals surface area contributed by atoms with Crippen LogP contribution < -0.4 is 5.32 Å². The van der Waals surface area contributed by atoms with E-state index in [2.05, 4.69) is 33.9 Å². The molecule has 0 amide bonds. The number of aryl methyl sites for hydroxylation is 3. The summed E-state index contributed by atoms with van der Waals surface area (Å²) in [4.78, 5) is 4.50. The molecule has 0 radical (unpaired) electrons. The zero-order chi connectivity index (χ0) is 11.8. The highest BCUT2D eigenvalue weighted by atomic mass is 15.3. The lowest BCUT2D eigenvalue weighted by Gasteiger charge is -2.04. The largest absolute Gasteiger partial charge is 0.320 e. The van der Waals surface area contributed by atoms with Crippen LogP contribution in [0.15, 0.2) is 0 Å². The molecule has 1 rings (SSSR count). The van der Waals surface area contributed by atoms with E-state index in [1.807, 2.05) is 7.05 Å². The summed E-state index contributed by atoms with van der Waals surface area (Å²) in [6, 6.07) is 0. The lowest BCUT2D eigenvalue weighted by Crippen LogP contribution is -2.09. The molecule has 4 nitrogen and oxygen atoms in total. The van der Waals surface area contributed by atoms with Gasteiger partial charge in [-0.3, -0.25) is 0 Å². The Kier molecular flexibility index (Phi) is 6.08. The Hall–Kier alpha value is -0.900. The fraction of sp³-hybridized carbons (Fsp3) is 0.833. The Labute approximate surface area is 98.5 Å². The number of rotatable bonds is 8. The van der Waals surface area contributed by atoms with E-state index >= 15 is 0 Å². The van der Waals surface area contributed by atoms with Crippen LogP contribution in [-0.2, 0) is 19.4 Å². The lowest BCUT2D eigenvalue weighted by molar-refractivity contribution is 0.518. The molecule has 1 aromatic rings. The van der Waals surface area contributed by atoms with Gasteiger partial charge in [0.05, 0.1) is 0 Å². The lowest BCUT2D eigenvalue weighted by atomic mass is 10.2. The van der Waals surface area contributed by atoms with Crippen LogP contribution in [0.5, 0.6) is 0 Å². The minimum atomic E-state index is 0.930. The average molecular weight is 224 g/mol. The van der Waals surface area contributed by atoms with Crippen LogP contribution >= 0.6 is 0 Å². The summed E-state index contributed by atoms with van der Waals surface area (Å²) >= 11 is 0. The van der Waals surface area contributed by atoms with Crippen LogP contribution in [0.2, 0.25) is 0 Å². The van der Waals surface area contributed by atoms with Gasteiger partial charge < -0.3 is 5.32 Å². The number of unbranched alkanes of at least 4 members (excludes halogenated alkanes) is 2. The molecule has 0 bridgehead atoms.